The van der Waals surface area contributed by atoms with Crippen LogP contribution in [0.2, 0.25) is 0 Å². The van der Waals surface area contributed by atoms with Crippen molar-refractivity contribution in [3.05, 3.63) is 108 Å². The largest absolute Gasteiger partial charge is 1.00 e. The Morgan fingerprint density at radius 2 is 1.41 bits per heavy atom. The van der Waals surface area contributed by atoms with Gasteiger partial charge in [-0.2, -0.15) is 0 Å². The second-order valence-corrected chi connectivity index (χ2v) is 11.1. The number of carbonyl (C=O) groups excluding carboxylic acids is 2. The number of hydrogen-bond donors (Lipinski definition) is 3. The normalized spacial score (nSPS) is 13.2. The van der Waals surface area contributed by atoms with Gasteiger partial charge in [0.05, 0.1) is 18.2 Å². The molecular formula is C35H38FN2NaO5. The fraction of sp³-hybridized carbons (Fsp3) is 0.314. The second-order valence-electron chi connectivity index (χ2n) is 11.1. The van der Waals surface area contributed by atoms with Crippen LogP contribution in [0.25, 0.3) is 22.3 Å². The molecule has 0 spiro atoms. The van der Waals surface area contributed by atoms with Crippen LogP contribution in [0.15, 0.2) is 84.9 Å². The minimum absolute atomic E-state index is 0. The molecule has 3 aromatic carbocycles. The summed E-state index contributed by atoms with van der Waals surface area (Å²) in [5, 5.41) is 34.9. The Morgan fingerprint density at radius 3 is 1.98 bits per heavy atom. The van der Waals surface area contributed by atoms with E-state index in [1.54, 1.807) is 12.1 Å². The first-order valence-electron chi connectivity index (χ1n) is 14.6. The third kappa shape index (κ3) is 8.67. The van der Waals surface area contributed by atoms with Gasteiger partial charge in [-0.3, -0.25) is 4.79 Å². The van der Waals surface area contributed by atoms with Crippen molar-refractivity contribution in [1.29, 1.82) is 0 Å². The van der Waals surface area contributed by atoms with E-state index in [2.05, 4.69) is 5.32 Å². The molecule has 0 bridgehead atoms. The van der Waals surface area contributed by atoms with Crippen LogP contribution in [0.3, 0.4) is 0 Å². The van der Waals surface area contributed by atoms with Gasteiger partial charge in [-0.25, -0.2) is 4.39 Å². The summed E-state index contributed by atoms with van der Waals surface area (Å²) in [7, 11) is 0. The van der Waals surface area contributed by atoms with Crippen molar-refractivity contribution in [1.82, 2.24) is 9.88 Å². The first kappa shape index (κ1) is 35.2. The van der Waals surface area contributed by atoms with Crippen LogP contribution in [0, 0.1) is 5.82 Å². The first-order valence-corrected chi connectivity index (χ1v) is 14.6. The first-order chi connectivity index (χ1) is 20.6. The molecule has 226 valence electrons. The van der Waals surface area contributed by atoms with Gasteiger partial charge in [0.1, 0.15) is 11.5 Å². The summed E-state index contributed by atoms with van der Waals surface area (Å²) >= 11 is 0. The fourth-order valence-corrected chi connectivity index (χ4v) is 5.59. The number of aliphatic hydroxyl groups excluding tert-OH is 2. The molecule has 9 heteroatoms. The summed E-state index contributed by atoms with van der Waals surface area (Å²) in [6.07, 6.45) is -2.43. The monoisotopic (exact) mass is 608 g/mol. The third-order valence-corrected chi connectivity index (χ3v) is 7.54. The molecule has 7 nitrogen and oxygen atoms in total. The zero-order chi connectivity index (χ0) is 31.1. The van der Waals surface area contributed by atoms with E-state index in [9.17, 15) is 29.3 Å². The average Bonchev–Trinajstić information content (AvgIpc) is 3.32. The summed E-state index contributed by atoms with van der Waals surface area (Å²) in [6.45, 7) is 5.88. The molecule has 44 heavy (non-hydrogen) atoms. The van der Waals surface area contributed by atoms with Gasteiger partial charge in [0.15, 0.2) is 0 Å². The van der Waals surface area contributed by atoms with Crippen molar-refractivity contribution in [2.24, 2.45) is 0 Å². The summed E-state index contributed by atoms with van der Waals surface area (Å²) in [5.74, 6) is -2.05. The smallest absolute Gasteiger partial charge is 0.550 e. The molecule has 0 aliphatic heterocycles. The Labute approximate surface area is 280 Å². The SMILES string of the molecule is CC(C)n1c(CC[C@@H](O)C[C@@H](O)CC(=O)[O-])c(-c2ccc(F)cc2)c(-c2ccccc2)c1C(=O)N[C@@H](C)c1ccccc1.[Na+]. The Balaban J connectivity index is 0.00000529. The number of nitrogens with zero attached hydrogens (tertiary/aromatic N) is 1. The van der Waals surface area contributed by atoms with Crippen LogP contribution in [-0.2, 0) is 11.2 Å². The molecule has 4 aromatic rings. The van der Waals surface area contributed by atoms with Crippen LogP contribution in [-0.4, -0.2) is 38.9 Å². The molecule has 0 saturated heterocycles. The van der Waals surface area contributed by atoms with Crippen LogP contribution in [0.4, 0.5) is 4.39 Å². The van der Waals surface area contributed by atoms with Crippen molar-refractivity contribution in [2.45, 2.75) is 70.7 Å². The standard InChI is InChI=1S/C35H39FN2O5.Na/c1-22(2)38-30(19-18-28(39)20-29(40)21-31(41)42)32(26-14-16-27(36)17-15-26)33(25-12-8-5-9-13-25)34(38)35(43)37-23(3)24-10-6-4-7-11-24;/h4-17,22-23,28-29,39-40H,18-21H2,1-3H3,(H,37,43)(H,41,42);/q;+1/p-1/t23-,28+,29+;/m0./s1. The number of hydrogen-bond acceptors (Lipinski definition) is 5. The van der Waals surface area contributed by atoms with Crippen molar-refractivity contribution in [2.75, 3.05) is 0 Å². The van der Waals surface area contributed by atoms with Crippen LogP contribution in [0.1, 0.15) is 73.9 Å². The van der Waals surface area contributed by atoms with E-state index in [4.69, 9.17) is 0 Å². The Kier molecular flexibility index (Phi) is 12.9. The van der Waals surface area contributed by atoms with Gasteiger partial charge in [0.25, 0.3) is 5.91 Å². The Hall–Kier alpha value is -3.27. The summed E-state index contributed by atoms with van der Waals surface area (Å²) in [6, 6.07) is 24.9. The maximum absolute atomic E-state index is 14.2. The zero-order valence-corrected chi connectivity index (χ0v) is 27.7. The molecule has 4 rings (SSSR count). The van der Waals surface area contributed by atoms with Gasteiger partial charge < -0.3 is 30.0 Å². The topological polar surface area (TPSA) is 115 Å². The van der Waals surface area contributed by atoms with Gasteiger partial charge in [0.2, 0.25) is 0 Å². The van der Waals surface area contributed by atoms with Gasteiger partial charge >= 0.3 is 29.6 Å². The van der Waals surface area contributed by atoms with Crippen LogP contribution >= 0.6 is 0 Å². The number of amides is 1. The summed E-state index contributed by atoms with van der Waals surface area (Å²) < 4.78 is 16.0. The number of carbonyl (C=O) groups is 2. The molecule has 0 aliphatic rings. The second kappa shape index (κ2) is 16.2. The Morgan fingerprint density at radius 1 is 0.841 bits per heavy atom. The van der Waals surface area contributed by atoms with E-state index in [1.807, 2.05) is 86.0 Å². The number of aliphatic carboxylic acids is 1. The van der Waals surface area contributed by atoms with E-state index < -0.39 is 24.6 Å². The van der Waals surface area contributed by atoms with Gasteiger partial charge in [-0.1, -0.05) is 72.8 Å². The molecule has 0 radical (unpaired) electrons. The zero-order valence-electron chi connectivity index (χ0n) is 25.7. The molecule has 0 unspecified atom stereocenters. The van der Waals surface area contributed by atoms with Gasteiger partial charge in [-0.05, 0) is 68.9 Å². The predicted molar refractivity (Wildman–Crippen MR) is 163 cm³/mol. The molecular weight excluding hydrogens is 570 g/mol. The fourth-order valence-electron chi connectivity index (χ4n) is 5.59. The molecule has 0 aliphatic carbocycles. The molecule has 3 N–H and O–H groups in total. The quantitative estimate of drug-likeness (QED) is 0.202. The minimum Gasteiger partial charge on any atom is -0.550 e. The summed E-state index contributed by atoms with van der Waals surface area (Å²) in [5.41, 5.74) is 5.14. The van der Waals surface area contributed by atoms with E-state index in [-0.39, 0.29) is 66.2 Å². The van der Waals surface area contributed by atoms with Crippen molar-refractivity contribution >= 4 is 11.9 Å². The molecule has 0 fully saturated rings. The molecule has 3 atom stereocenters. The molecule has 1 aromatic heterocycles. The number of rotatable bonds is 13. The third-order valence-electron chi connectivity index (χ3n) is 7.54. The van der Waals surface area contributed by atoms with E-state index >= 15 is 0 Å². The van der Waals surface area contributed by atoms with E-state index in [0.717, 1.165) is 22.4 Å². The summed E-state index contributed by atoms with van der Waals surface area (Å²) in [4.78, 5) is 25.1. The number of halogens is 1. The maximum Gasteiger partial charge on any atom is 1.00 e. The average molecular weight is 609 g/mol. The number of carboxylic acids is 1. The van der Waals surface area contributed by atoms with Crippen molar-refractivity contribution in [3.8, 4) is 22.3 Å². The molecule has 1 heterocycles. The predicted octanol–water partition coefficient (Wildman–Crippen LogP) is 2.22. The minimum atomic E-state index is -1.39. The number of aromatic nitrogens is 1. The molecule has 0 saturated carbocycles. The number of carboxylic acid groups (broad SMARTS) is 1. The Bertz CT molecular complexity index is 1520. The van der Waals surface area contributed by atoms with E-state index in [1.165, 1.54) is 12.1 Å². The van der Waals surface area contributed by atoms with Gasteiger partial charge in [0, 0.05) is 35.3 Å². The molecule has 1 amide bonds. The van der Waals surface area contributed by atoms with Crippen molar-refractivity contribution < 1.29 is 58.9 Å². The van der Waals surface area contributed by atoms with E-state index in [0.29, 0.717) is 23.2 Å². The maximum atomic E-state index is 14.2. The number of benzene rings is 3. The van der Waals surface area contributed by atoms with Crippen molar-refractivity contribution in [3.63, 3.8) is 0 Å². The van der Waals surface area contributed by atoms with Gasteiger partial charge in [-0.15, -0.1) is 0 Å². The number of nitrogens with one attached hydrogen (secondary N) is 1. The van der Waals surface area contributed by atoms with Crippen LogP contribution in [0.5, 0.6) is 0 Å². The van der Waals surface area contributed by atoms with Crippen LogP contribution < -0.4 is 40.0 Å². The number of aliphatic hydroxyl groups is 2.